The fourth-order valence-corrected chi connectivity index (χ4v) is 1.43. The SMILES string of the molecule is C=CCC(CC(=O)OCC(CC)(CO)CO)C(=O)O. The Morgan fingerprint density at radius 2 is 1.95 bits per heavy atom. The van der Waals surface area contributed by atoms with Gasteiger partial charge in [-0.15, -0.1) is 6.58 Å². The van der Waals surface area contributed by atoms with Crippen LogP contribution in [0.25, 0.3) is 0 Å². The highest BCUT2D eigenvalue weighted by atomic mass is 16.5. The van der Waals surface area contributed by atoms with Crippen LogP contribution >= 0.6 is 0 Å². The van der Waals surface area contributed by atoms with Gasteiger partial charge in [0.05, 0.1) is 31.0 Å². The zero-order chi connectivity index (χ0) is 14.9. The van der Waals surface area contributed by atoms with E-state index >= 15 is 0 Å². The lowest BCUT2D eigenvalue weighted by atomic mass is 9.88. The molecule has 0 aliphatic heterocycles. The van der Waals surface area contributed by atoms with Crippen molar-refractivity contribution in [3.8, 4) is 0 Å². The van der Waals surface area contributed by atoms with Crippen LogP contribution in [0.5, 0.6) is 0 Å². The molecule has 0 aromatic heterocycles. The summed E-state index contributed by atoms with van der Waals surface area (Å²) in [6.07, 6.45) is 1.81. The first-order chi connectivity index (χ1) is 8.94. The number of carbonyl (C=O) groups excluding carboxylic acids is 1. The van der Waals surface area contributed by atoms with Crippen molar-refractivity contribution in [3.63, 3.8) is 0 Å². The maximum atomic E-state index is 11.5. The fraction of sp³-hybridized carbons (Fsp3) is 0.692. The molecule has 0 amide bonds. The molecule has 0 heterocycles. The van der Waals surface area contributed by atoms with Gasteiger partial charge in [0.15, 0.2) is 0 Å². The first kappa shape index (κ1) is 17.6. The van der Waals surface area contributed by atoms with Crippen molar-refractivity contribution in [1.82, 2.24) is 0 Å². The highest BCUT2D eigenvalue weighted by molar-refractivity contribution is 5.78. The molecule has 0 radical (unpaired) electrons. The van der Waals surface area contributed by atoms with Gasteiger partial charge in [0, 0.05) is 0 Å². The van der Waals surface area contributed by atoms with Gasteiger partial charge < -0.3 is 20.1 Å². The molecule has 3 N–H and O–H groups in total. The number of ether oxygens (including phenoxy) is 1. The van der Waals surface area contributed by atoms with E-state index in [1.165, 1.54) is 6.08 Å². The van der Waals surface area contributed by atoms with Crippen LogP contribution in [0.15, 0.2) is 12.7 Å². The number of aliphatic hydroxyl groups is 2. The molecule has 0 aromatic carbocycles. The Balaban J connectivity index is 4.37. The number of aliphatic carboxylic acids is 1. The van der Waals surface area contributed by atoms with Crippen molar-refractivity contribution < 1.29 is 29.6 Å². The zero-order valence-electron chi connectivity index (χ0n) is 11.2. The van der Waals surface area contributed by atoms with E-state index in [1.807, 2.05) is 0 Å². The molecule has 6 heteroatoms. The van der Waals surface area contributed by atoms with Gasteiger partial charge in [0.2, 0.25) is 0 Å². The summed E-state index contributed by atoms with van der Waals surface area (Å²) in [6, 6.07) is 0. The molecule has 0 bridgehead atoms. The summed E-state index contributed by atoms with van der Waals surface area (Å²) in [6.45, 7) is 4.46. The van der Waals surface area contributed by atoms with Crippen molar-refractivity contribution >= 4 is 11.9 Å². The van der Waals surface area contributed by atoms with E-state index in [-0.39, 0.29) is 32.7 Å². The third-order valence-corrected chi connectivity index (χ3v) is 3.17. The van der Waals surface area contributed by atoms with Crippen molar-refractivity contribution in [2.45, 2.75) is 26.2 Å². The van der Waals surface area contributed by atoms with Crippen LogP contribution in [-0.4, -0.2) is 47.1 Å². The highest BCUT2D eigenvalue weighted by Crippen LogP contribution is 2.21. The quantitative estimate of drug-likeness (QED) is 0.397. The van der Waals surface area contributed by atoms with E-state index in [9.17, 15) is 19.8 Å². The average Bonchev–Trinajstić information content (AvgIpc) is 2.40. The number of allylic oxidation sites excluding steroid dienone is 1. The molecular formula is C13H22O6. The van der Waals surface area contributed by atoms with Gasteiger partial charge in [-0.3, -0.25) is 9.59 Å². The van der Waals surface area contributed by atoms with Gasteiger partial charge in [-0.2, -0.15) is 0 Å². The Labute approximate surface area is 112 Å². The number of hydrogen-bond acceptors (Lipinski definition) is 5. The number of hydrogen-bond donors (Lipinski definition) is 3. The van der Waals surface area contributed by atoms with E-state index in [0.29, 0.717) is 6.42 Å². The summed E-state index contributed by atoms with van der Waals surface area (Å²) in [4.78, 5) is 22.4. The lowest BCUT2D eigenvalue weighted by Gasteiger charge is -2.27. The molecule has 0 rings (SSSR count). The van der Waals surface area contributed by atoms with Gasteiger partial charge in [0.25, 0.3) is 0 Å². The van der Waals surface area contributed by atoms with Gasteiger partial charge >= 0.3 is 11.9 Å². The lowest BCUT2D eigenvalue weighted by molar-refractivity contribution is -0.155. The predicted octanol–water partition coefficient (Wildman–Crippen LogP) is 0.578. The molecule has 0 aliphatic carbocycles. The predicted molar refractivity (Wildman–Crippen MR) is 68.4 cm³/mol. The van der Waals surface area contributed by atoms with E-state index < -0.39 is 23.3 Å². The summed E-state index contributed by atoms with van der Waals surface area (Å²) in [7, 11) is 0. The molecule has 0 aromatic rings. The lowest BCUT2D eigenvalue weighted by Crippen LogP contribution is -2.35. The Morgan fingerprint density at radius 3 is 2.32 bits per heavy atom. The zero-order valence-corrected chi connectivity index (χ0v) is 11.2. The van der Waals surface area contributed by atoms with Crippen LogP contribution in [0.4, 0.5) is 0 Å². The van der Waals surface area contributed by atoms with Crippen LogP contribution in [-0.2, 0) is 14.3 Å². The summed E-state index contributed by atoms with van der Waals surface area (Å²) in [5.41, 5.74) is -0.868. The minimum Gasteiger partial charge on any atom is -0.481 e. The van der Waals surface area contributed by atoms with Crippen LogP contribution in [0, 0.1) is 11.3 Å². The molecule has 19 heavy (non-hydrogen) atoms. The van der Waals surface area contributed by atoms with Gasteiger partial charge in [-0.25, -0.2) is 0 Å². The van der Waals surface area contributed by atoms with E-state index in [1.54, 1.807) is 6.92 Å². The van der Waals surface area contributed by atoms with Crippen LogP contribution in [0.3, 0.4) is 0 Å². The monoisotopic (exact) mass is 274 g/mol. The fourth-order valence-electron chi connectivity index (χ4n) is 1.43. The second-order valence-electron chi connectivity index (χ2n) is 4.59. The van der Waals surface area contributed by atoms with Crippen LogP contribution < -0.4 is 0 Å². The number of rotatable bonds is 10. The van der Waals surface area contributed by atoms with Gasteiger partial charge in [-0.05, 0) is 12.8 Å². The smallest absolute Gasteiger partial charge is 0.307 e. The van der Waals surface area contributed by atoms with Gasteiger partial charge in [-0.1, -0.05) is 13.0 Å². The molecule has 0 aliphatic rings. The van der Waals surface area contributed by atoms with E-state index in [0.717, 1.165) is 0 Å². The Bertz CT molecular complexity index is 300. The Hall–Kier alpha value is -1.40. The summed E-state index contributed by atoms with van der Waals surface area (Å²) in [5.74, 6) is -2.60. The molecular weight excluding hydrogens is 252 g/mol. The second kappa shape index (κ2) is 8.66. The maximum absolute atomic E-state index is 11.5. The van der Waals surface area contributed by atoms with Crippen LogP contribution in [0.2, 0.25) is 0 Å². The molecule has 0 saturated carbocycles. The number of carboxylic acids is 1. The van der Waals surface area contributed by atoms with Crippen molar-refractivity contribution in [2.75, 3.05) is 19.8 Å². The molecule has 0 fully saturated rings. The minimum atomic E-state index is -1.08. The third-order valence-electron chi connectivity index (χ3n) is 3.17. The first-order valence-electron chi connectivity index (χ1n) is 6.15. The van der Waals surface area contributed by atoms with Crippen molar-refractivity contribution in [3.05, 3.63) is 12.7 Å². The third kappa shape index (κ3) is 5.85. The van der Waals surface area contributed by atoms with Gasteiger partial charge in [0.1, 0.15) is 6.61 Å². The topological polar surface area (TPSA) is 104 Å². The van der Waals surface area contributed by atoms with E-state index in [2.05, 4.69) is 6.58 Å². The largest absolute Gasteiger partial charge is 0.481 e. The Kier molecular flexibility index (Phi) is 8.02. The molecule has 110 valence electrons. The number of aliphatic hydroxyl groups excluding tert-OH is 2. The summed E-state index contributed by atoms with van der Waals surface area (Å²) in [5, 5.41) is 27.3. The normalized spacial score (nSPS) is 12.8. The molecule has 0 saturated heterocycles. The molecule has 1 unspecified atom stereocenters. The van der Waals surface area contributed by atoms with E-state index in [4.69, 9.17) is 9.84 Å². The van der Waals surface area contributed by atoms with Crippen LogP contribution in [0.1, 0.15) is 26.2 Å². The number of carboxylic acid groups (broad SMARTS) is 1. The minimum absolute atomic E-state index is 0.129. The average molecular weight is 274 g/mol. The standard InChI is InChI=1S/C13H22O6/c1-3-5-10(12(17)18)6-11(16)19-9-13(4-2,7-14)8-15/h3,10,14-15H,1,4-9H2,2H3,(H,17,18). The maximum Gasteiger partial charge on any atom is 0.307 e. The van der Waals surface area contributed by atoms with Crippen molar-refractivity contribution in [1.29, 1.82) is 0 Å². The molecule has 0 spiro atoms. The number of carbonyl (C=O) groups is 2. The first-order valence-corrected chi connectivity index (χ1v) is 6.15. The second-order valence-corrected chi connectivity index (χ2v) is 4.59. The highest BCUT2D eigenvalue weighted by Gasteiger charge is 2.29. The summed E-state index contributed by atoms with van der Waals surface area (Å²) < 4.78 is 4.95. The molecule has 6 nitrogen and oxygen atoms in total. The molecule has 1 atom stereocenters. The summed E-state index contributed by atoms with van der Waals surface area (Å²) >= 11 is 0. The number of esters is 1. The Morgan fingerprint density at radius 1 is 1.37 bits per heavy atom. The van der Waals surface area contributed by atoms with Crippen molar-refractivity contribution in [2.24, 2.45) is 11.3 Å².